The largest absolute Gasteiger partial charge is 0.359 e. The van der Waals surface area contributed by atoms with Crippen molar-refractivity contribution in [3.05, 3.63) is 0 Å². The van der Waals surface area contributed by atoms with E-state index in [-0.39, 0.29) is 56.5 Å². The van der Waals surface area contributed by atoms with Gasteiger partial charge in [0.15, 0.2) is 0 Å². The van der Waals surface area contributed by atoms with Gasteiger partial charge in [-0.15, -0.1) is 0 Å². The standard InChI is InChI=1S/C25H46N6O8/c1-21(33)30(38)18-8-2-4-16-28-24(36)12-13-25(37)31(39)19-9-3-5-15-27-22(34)10-11-23(35)29-17-7-6-14-26-20-32/h20,38-39H,2-19H2,1H3,(H,26,32)(H,27,34)(H,28,36)(H,29,35). The van der Waals surface area contributed by atoms with E-state index in [1.165, 1.54) is 6.92 Å². The molecular weight excluding hydrogens is 512 g/mol. The molecule has 0 aliphatic rings. The lowest BCUT2D eigenvalue weighted by atomic mass is 10.2. The molecule has 0 bridgehead atoms. The van der Waals surface area contributed by atoms with Gasteiger partial charge in [0.2, 0.25) is 35.9 Å². The van der Waals surface area contributed by atoms with Gasteiger partial charge in [0.05, 0.1) is 0 Å². The minimum absolute atomic E-state index is 0.0341. The lowest BCUT2D eigenvalue weighted by molar-refractivity contribution is -0.166. The molecule has 0 aliphatic heterocycles. The van der Waals surface area contributed by atoms with Crippen molar-refractivity contribution in [1.82, 2.24) is 31.4 Å². The van der Waals surface area contributed by atoms with Crippen LogP contribution < -0.4 is 21.3 Å². The van der Waals surface area contributed by atoms with Crippen LogP contribution in [0.4, 0.5) is 0 Å². The molecule has 39 heavy (non-hydrogen) atoms. The first kappa shape index (κ1) is 35.7. The first-order valence-electron chi connectivity index (χ1n) is 13.6. The highest BCUT2D eigenvalue weighted by atomic mass is 16.5. The second kappa shape index (κ2) is 23.8. The topological polar surface area (TPSA) is 197 Å². The lowest BCUT2D eigenvalue weighted by Gasteiger charge is -2.15. The molecule has 0 aliphatic carbocycles. The summed E-state index contributed by atoms with van der Waals surface area (Å²) in [5.74, 6) is -1.67. The maximum absolute atomic E-state index is 12.0. The summed E-state index contributed by atoms with van der Waals surface area (Å²) in [6.45, 7) is 3.55. The van der Waals surface area contributed by atoms with Crippen molar-refractivity contribution in [2.75, 3.05) is 39.3 Å². The molecule has 0 rings (SSSR count). The number of hydroxylamine groups is 4. The number of nitrogens with one attached hydrogen (secondary N) is 4. The van der Waals surface area contributed by atoms with Gasteiger partial charge in [0.1, 0.15) is 0 Å². The maximum Gasteiger partial charge on any atom is 0.246 e. The zero-order valence-electron chi connectivity index (χ0n) is 23.0. The molecule has 0 saturated heterocycles. The van der Waals surface area contributed by atoms with Crippen molar-refractivity contribution >= 4 is 35.9 Å². The van der Waals surface area contributed by atoms with Crippen LogP contribution >= 0.6 is 0 Å². The first-order chi connectivity index (χ1) is 18.7. The molecule has 0 spiro atoms. The third-order valence-electron chi connectivity index (χ3n) is 5.69. The Morgan fingerprint density at radius 1 is 0.590 bits per heavy atom. The zero-order chi connectivity index (χ0) is 29.3. The van der Waals surface area contributed by atoms with Crippen LogP contribution in [-0.2, 0) is 28.8 Å². The summed E-state index contributed by atoms with van der Waals surface area (Å²) < 4.78 is 0. The van der Waals surface area contributed by atoms with Crippen LogP contribution in [0.2, 0.25) is 0 Å². The van der Waals surface area contributed by atoms with Gasteiger partial charge in [-0.3, -0.25) is 39.2 Å². The summed E-state index contributed by atoms with van der Waals surface area (Å²) in [7, 11) is 0. The van der Waals surface area contributed by atoms with Crippen LogP contribution in [0.5, 0.6) is 0 Å². The minimum Gasteiger partial charge on any atom is -0.359 e. The third-order valence-corrected chi connectivity index (χ3v) is 5.69. The van der Waals surface area contributed by atoms with Crippen LogP contribution in [0, 0.1) is 0 Å². The average molecular weight is 559 g/mol. The number of rotatable bonds is 24. The van der Waals surface area contributed by atoms with Crippen molar-refractivity contribution in [2.24, 2.45) is 0 Å². The summed E-state index contributed by atoms with van der Waals surface area (Å²) in [6, 6.07) is 0. The van der Waals surface area contributed by atoms with Gasteiger partial charge in [0, 0.05) is 71.9 Å². The molecule has 6 N–H and O–H groups in total. The van der Waals surface area contributed by atoms with Crippen molar-refractivity contribution in [2.45, 2.75) is 84.0 Å². The van der Waals surface area contributed by atoms with E-state index in [0.717, 1.165) is 19.3 Å². The van der Waals surface area contributed by atoms with Crippen LogP contribution in [-0.4, -0.2) is 95.8 Å². The Hall–Kier alpha value is -3.26. The Morgan fingerprint density at radius 2 is 1.00 bits per heavy atom. The van der Waals surface area contributed by atoms with Gasteiger partial charge in [-0.2, -0.15) is 0 Å². The lowest BCUT2D eigenvalue weighted by Crippen LogP contribution is -2.31. The van der Waals surface area contributed by atoms with Gasteiger partial charge in [-0.05, 0) is 51.4 Å². The predicted octanol–water partition coefficient (Wildman–Crippen LogP) is 0.218. The van der Waals surface area contributed by atoms with E-state index in [9.17, 15) is 39.2 Å². The monoisotopic (exact) mass is 558 g/mol. The summed E-state index contributed by atoms with van der Waals surface area (Å²) in [5, 5.41) is 31.1. The molecule has 0 radical (unpaired) electrons. The summed E-state index contributed by atoms with van der Waals surface area (Å²) in [6.07, 6.45) is 6.05. The van der Waals surface area contributed by atoms with E-state index < -0.39 is 11.8 Å². The molecule has 0 aromatic rings. The van der Waals surface area contributed by atoms with Gasteiger partial charge < -0.3 is 21.3 Å². The molecule has 6 amide bonds. The van der Waals surface area contributed by atoms with Crippen molar-refractivity contribution in [1.29, 1.82) is 0 Å². The molecule has 0 atom stereocenters. The molecule has 14 heteroatoms. The Balaban J connectivity index is 3.68. The smallest absolute Gasteiger partial charge is 0.246 e. The SMILES string of the molecule is CC(=O)N(O)CCCCCNC(=O)CCC(=O)N(O)CCCCCNC(=O)CCC(=O)NCCCCNC=O. The highest BCUT2D eigenvalue weighted by molar-refractivity contribution is 5.84. The van der Waals surface area contributed by atoms with Crippen molar-refractivity contribution in [3.8, 4) is 0 Å². The number of hydrogen-bond acceptors (Lipinski definition) is 8. The van der Waals surface area contributed by atoms with Crippen molar-refractivity contribution < 1.29 is 39.2 Å². The zero-order valence-corrected chi connectivity index (χ0v) is 23.0. The number of nitrogens with zero attached hydrogens (tertiary/aromatic N) is 2. The number of unbranched alkanes of at least 4 members (excludes halogenated alkanes) is 5. The maximum atomic E-state index is 12.0. The molecular formula is C25H46N6O8. The van der Waals surface area contributed by atoms with Gasteiger partial charge in [-0.1, -0.05) is 0 Å². The summed E-state index contributed by atoms with van der Waals surface area (Å²) >= 11 is 0. The number of amides is 6. The minimum atomic E-state index is -0.540. The fourth-order valence-electron chi connectivity index (χ4n) is 3.35. The normalized spacial score (nSPS) is 10.3. The summed E-state index contributed by atoms with van der Waals surface area (Å²) in [5.41, 5.74) is 0. The van der Waals surface area contributed by atoms with E-state index in [4.69, 9.17) is 0 Å². The fourth-order valence-corrected chi connectivity index (χ4v) is 3.35. The molecule has 0 aromatic carbocycles. The van der Waals surface area contributed by atoms with Crippen LogP contribution in [0.15, 0.2) is 0 Å². The molecule has 0 aromatic heterocycles. The number of hydrogen-bond donors (Lipinski definition) is 6. The summed E-state index contributed by atoms with van der Waals surface area (Å²) in [4.78, 5) is 68.3. The first-order valence-corrected chi connectivity index (χ1v) is 13.6. The Labute approximate surface area is 230 Å². The second-order valence-corrected chi connectivity index (χ2v) is 9.11. The molecule has 224 valence electrons. The van der Waals surface area contributed by atoms with Crippen molar-refractivity contribution in [3.63, 3.8) is 0 Å². The van der Waals surface area contributed by atoms with E-state index in [1.54, 1.807) is 0 Å². The van der Waals surface area contributed by atoms with E-state index >= 15 is 0 Å². The van der Waals surface area contributed by atoms with E-state index in [2.05, 4.69) is 21.3 Å². The molecule has 14 nitrogen and oxygen atoms in total. The van der Waals surface area contributed by atoms with Crippen LogP contribution in [0.25, 0.3) is 0 Å². The number of carbonyl (C=O) groups is 6. The van der Waals surface area contributed by atoms with Crippen LogP contribution in [0.1, 0.15) is 84.0 Å². The van der Waals surface area contributed by atoms with Gasteiger partial charge in [-0.25, -0.2) is 10.1 Å². The Kier molecular flexibility index (Phi) is 21.8. The van der Waals surface area contributed by atoms with Gasteiger partial charge in [0.25, 0.3) is 0 Å². The van der Waals surface area contributed by atoms with Crippen LogP contribution in [0.3, 0.4) is 0 Å². The molecule has 0 heterocycles. The molecule has 0 saturated carbocycles. The fraction of sp³-hybridized carbons (Fsp3) is 0.760. The predicted molar refractivity (Wildman–Crippen MR) is 141 cm³/mol. The van der Waals surface area contributed by atoms with E-state index in [0.29, 0.717) is 74.8 Å². The average Bonchev–Trinajstić information content (AvgIpc) is 2.91. The Bertz CT molecular complexity index is 752. The number of carbonyl (C=O) groups excluding carboxylic acids is 6. The van der Waals surface area contributed by atoms with E-state index in [1.807, 2.05) is 0 Å². The highest BCUT2D eigenvalue weighted by Gasteiger charge is 2.13. The quantitative estimate of drug-likeness (QED) is 0.0418. The Morgan fingerprint density at radius 3 is 1.46 bits per heavy atom. The van der Waals surface area contributed by atoms with Gasteiger partial charge >= 0.3 is 0 Å². The molecule has 0 unspecified atom stereocenters. The molecule has 0 fully saturated rings. The third kappa shape index (κ3) is 22.4. The second-order valence-electron chi connectivity index (χ2n) is 9.11. The highest BCUT2D eigenvalue weighted by Crippen LogP contribution is 2.02.